The SMILES string of the molecule is O=C1c2cccnc2CN1Cc1c(F)cc(-c2cccc3c2cnn3C2COC2)cc1F. The second-order valence-electron chi connectivity index (χ2n) is 8.10. The monoisotopic (exact) mass is 432 g/mol. The molecule has 6 rings (SSSR count). The molecule has 4 aromatic rings. The van der Waals surface area contributed by atoms with Crippen molar-refractivity contribution in [2.24, 2.45) is 0 Å². The maximum absolute atomic E-state index is 15.1. The van der Waals surface area contributed by atoms with Gasteiger partial charge in [-0.05, 0) is 41.5 Å². The van der Waals surface area contributed by atoms with E-state index >= 15 is 8.78 Å². The predicted octanol–water partition coefficient (Wildman–Crippen LogP) is 4.10. The van der Waals surface area contributed by atoms with Crippen LogP contribution in [0.2, 0.25) is 0 Å². The molecule has 1 saturated heterocycles. The number of carbonyl (C=O) groups is 1. The number of rotatable bonds is 4. The van der Waals surface area contributed by atoms with Crippen molar-refractivity contribution in [3.63, 3.8) is 0 Å². The molecule has 0 unspecified atom stereocenters. The van der Waals surface area contributed by atoms with Crippen molar-refractivity contribution in [2.45, 2.75) is 19.1 Å². The lowest BCUT2D eigenvalue weighted by molar-refractivity contribution is -0.0266. The summed E-state index contributed by atoms with van der Waals surface area (Å²) in [5, 5.41) is 5.28. The van der Waals surface area contributed by atoms with Gasteiger partial charge in [-0.25, -0.2) is 8.78 Å². The maximum Gasteiger partial charge on any atom is 0.256 e. The zero-order valence-electron chi connectivity index (χ0n) is 17.0. The van der Waals surface area contributed by atoms with Gasteiger partial charge in [0.15, 0.2) is 0 Å². The quantitative estimate of drug-likeness (QED) is 0.487. The number of ether oxygens (including phenoxy) is 1. The number of benzene rings is 2. The number of amides is 1. The van der Waals surface area contributed by atoms with Gasteiger partial charge in [-0.15, -0.1) is 0 Å². The largest absolute Gasteiger partial charge is 0.377 e. The number of fused-ring (bicyclic) bond motifs is 2. The Kier molecular flexibility index (Phi) is 4.29. The fourth-order valence-electron chi connectivity index (χ4n) is 4.39. The molecule has 0 aliphatic carbocycles. The highest BCUT2D eigenvalue weighted by Crippen LogP contribution is 2.33. The molecule has 2 aliphatic heterocycles. The summed E-state index contributed by atoms with van der Waals surface area (Å²) in [4.78, 5) is 18.2. The number of aromatic nitrogens is 3. The smallest absolute Gasteiger partial charge is 0.256 e. The molecule has 0 saturated carbocycles. The Bertz CT molecular complexity index is 1360. The van der Waals surface area contributed by atoms with Gasteiger partial charge in [0.25, 0.3) is 5.91 Å². The maximum atomic E-state index is 15.1. The predicted molar refractivity (Wildman–Crippen MR) is 113 cm³/mol. The van der Waals surface area contributed by atoms with Gasteiger partial charge in [0, 0.05) is 17.1 Å². The van der Waals surface area contributed by atoms with Crippen molar-refractivity contribution in [3.8, 4) is 11.1 Å². The highest BCUT2D eigenvalue weighted by Gasteiger charge is 2.30. The first-order valence-corrected chi connectivity index (χ1v) is 10.4. The van der Waals surface area contributed by atoms with Crippen LogP contribution in [0.4, 0.5) is 8.78 Å². The topological polar surface area (TPSA) is 60.2 Å². The molecule has 0 atom stereocenters. The number of pyridine rings is 1. The Balaban J connectivity index is 1.34. The summed E-state index contributed by atoms with van der Waals surface area (Å²) in [7, 11) is 0. The fourth-order valence-corrected chi connectivity index (χ4v) is 4.39. The molecule has 8 heteroatoms. The third kappa shape index (κ3) is 2.90. The lowest BCUT2D eigenvalue weighted by atomic mass is 9.99. The van der Waals surface area contributed by atoms with Crippen molar-refractivity contribution < 1.29 is 18.3 Å². The molecule has 0 bridgehead atoms. The molecule has 32 heavy (non-hydrogen) atoms. The summed E-state index contributed by atoms with van der Waals surface area (Å²) < 4.78 is 37.3. The van der Waals surface area contributed by atoms with Gasteiger partial charge in [-0.1, -0.05) is 12.1 Å². The van der Waals surface area contributed by atoms with Crippen LogP contribution in [-0.4, -0.2) is 38.8 Å². The van der Waals surface area contributed by atoms with Crippen LogP contribution in [0.25, 0.3) is 22.0 Å². The molecule has 4 heterocycles. The van der Waals surface area contributed by atoms with Gasteiger partial charge >= 0.3 is 0 Å². The Hall–Kier alpha value is -3.65. The van der Waals surface area contributed by atoms with E-state index in [2.05, 4.69) is 10.1 Å². The molecular formula is C24H18F2N4O2. The van der Waals surface area contributed by atoms with E-state index in [1.54, 1.807) is 24.5 Å². The van der Waals surface area contributed by atoms with E-state index in [9.17, 15) is 4.79 Å². The molecule has 6 nitrogen and oxygen atoms in total. The van der Waals surface area contributed by atoms with E-state index in [0.717, 1.165) is 10.9 Å². The average Bonchev–Trinajstić information content (AvgIpc) is 3.31. The molecule has 0 N–H and O–H groups in total. The van der Waals surface area contributed by atoms with E-state index < -0.39 is 11.6 Å². The average molecular weight is 432 g/mol. The third-order valence-corrected chi connectivity index (χ3v) is 6.16. The Labute approximate surface area is 182 Å². The van der Waals surface area contributed by atoms with Gasteiger partial charge in [0.05, 0.1) is 55.3 Å². The van der Waals surface area contributed by atoms with Crippen molar-refractivity contribution in [3.05, 3.63) is 83.3 Å². The van der Waals surface area contributed by atoms with Crippen LogP contribution in [0.15, 0.2) is 54.9 Å². The van der Waals surface area contributed by atoms with Crippen molar-refractivity contribution in [1.82, 2.24) is 19.7 Å². The van der Waals surface area contributed by atoms with Crippen LogP contribution < -0.4 is 0 Å². The lowest BCUT2D eigenvalue weighted by Gasteiger charge is -2.26. The molecule has 2 aliphatic rings. The van der Waals surface area contributed by atoms with Crippen LogP contribution in [0.1, 0.15) is 27.7 Å². The van der Waals surface area contributed by atoms with Gasteiger partial charge in [0.2, 0.25) is 0 Å². The molecule has 0 radical (unpaired) electrons. The summed E-state index contributed by atoms with van der Waals surface area (Å²) in [6, 6.07) is 11.8. The second-order valence-corrected chi connectivity index (χ2v) is 8.10. The van der Waals surface area contributed by atoms with Gasteiger partial charge < -0.3 is 9.64 Å². The molecule has 1 amide bonds. The van der Waals surface area contributed by atoms with E-state index in [4.69, 9.17) is 4.74 Å². The highest BCUT2D eigenvalue weighted by atomic mass is 19.1. The molecule has 2 aromatic carbocycles. The molecule has 1 fully saturated rings. The summed E-state index contributed by atoms with van der Waals surface area (Å²) in [5.41, 5.74) is 2.99. The fraction of sp³-hybridized carbons (Fsp3) is 0.208. The number of hydrogen-bond donors (Lipinski definition) is 0. The molecular weight excluding hydrogens is 414 g/mol. The standard InChI is InChI=1S/C24H18F2N4O2/c25-20-7-14(16-3-1-5-23-18(16)9-28-30(23)15-12-32-13-15)8-21(26)19(20)10-29-11-22-17(24(29)31)4-2-6-27-22/h1-9,15H,10-13H2. The first-order chi connectivity index (χ1) is 15.6. The van der Waals surface area contributed by atoms with Crippen LogP contribution in [0.5, 0.6) is 0 Å². The number of halogens is 2. The van der Waals surface area contributed by atoms with E-state index in [1.165, 1.54) is 17.0 Å². The van der Waals surface area contributed by atoms with Gasteiger partial charge in [0.1, 0.15) is 11.6 Å². The third-order valence-electron chi connectivity index (χ3n) is 6.16. The minimum absolute atomic E-state index is 0.135. The number of hydrogen-bond acceptors (Lipinski definition) is 4. The zero-order chi connectivity index (χ0) is 21.8. The van der Waals surface area contributed by atoms with Crippen molar-refractivity contribution in [2.75, 3.05) is 13.2 Å². The number of nitrogens with zero attached hydrogens (tertiary/aromatic N) is 4. The van der Waals surface area contributed by atoms with Crippen LogP contribution in [-0.2, 0) is 17.8 Å². The van der Waals surface area contributed by atoms with E-state index in [1.807, 2.05) is 22.9 Å². The Morgan fingerprint density at radius 2 is 1.84 bits per heavy atom. The van der Waals surface area contributed by atoms with Crippen LogP contribution in [0.3, 0.4) is 0 Å². The highest BCUT2D eigenvalue weighted by molar-refractivity contribution is 5.98. The van der Waals surface area contributed by atoms with Gasteiger partial charge in [-0.2, -0.15) is 5.10 Å². The summed E-state index contributed by atoms with van der Waals surface area (Å²) >= 11 is 0. The van der Waals surface area contributed by atoms with Crippen LogP contribution in [0, 0.1) is 11.6 Å². The molecule has 2 aromatic heterocycles. The Morgan fingerprint density at radius 1 is 1.06 bits per heavy atom. The lowest BCUT2D eigenvalue weighted by Crippen LogP contribution is -2.31. The first kappa shape index (κ1) is 19.1. The first-order valence-electron chi connectivity index (χ1n) is 10.4. The van der Waals surface area contributed by atoms with Crippen LogP contribution >= 0.6 is 0 Å². The summed E-state index contributed by atoms with van der Waals surface area (Å²) in [6.45, 7) is 1.29. The number of carbonyl (C=O) groups excluding carboxylic acids is 1. The van der Waals surface area contributed by atoms with Gasteiger partial charge in [-0.3, -0.25) is 14.5 Å². The Morgan fingerprint density at radius 3 is 2.56 bits per heavy atom. The summed E-state index contributed by atoms with van der Waals surface area (Å²) in [5.74, 6) is -1.64. The minimum Gasteiger partial charge on any atom is -0.377 e. The van der Waals surface area contributed by atoms with Crippen molar-refractivity contribution in [1.29, 1.82) is 0 Å². The van der Waals surface area contributed by atoms with E-state index in [0.29, 0.717) is 35.6 Å². The minimum atomic E-state index is -0.687. The van der Waals surface area contributed by atoms with E-state index in [-0.39, 0.29) is 30.6 Å². The molecule has 160 valence electrons. The second kappa shape index (κ2) is 7.20. The normalized spacial score (nSPS) is 15.9. The molecule has 0 spiro atoms. The zero-order valence-corrected chi connectivity index (χ0v) is 17.0. The van der Waals surface area contributed by atoms with Crippen molar-refractivity contribution >= 4 is 16.8 Å². The summed E-state index contributed by atoms with van der Waals surface area (Å²) in [6.07, 6.45) is 3.33.